The number of thiol groups is 1. The molecule has 0 radical (unpaired) electrons. The van der Waals surface area contributed by atoms with Gasteiger partial charge in [-0.2, -0.15) is 25.8 Å². The average Bonchev–Trinajstić information content (AvgIpc) is 2.68. The van der Waals surface area contributed by atoms with E-state index in [0.29, 0.717) is 18.4 Å². The van der Waals surface area contributed by atoms with E-state index in [-0.39, 0.29) is 5.91 Å². The lowest BCUT2D eigenvalue weighted by Crippen LogP contribution is -2.58. The molecule has 1 atom stereocenters. The summed E-state index contributed by atoms with van der Waals surface area (Å²) in [5, 5.41) is 9.89. The van der Waals surface area contributed by atoms with Crippen LogP contribution < -0.4 is 5.32 Å². The van der Waals surface area contributed by atoms with Gasteiger partial charge in [0.05, 0.1) is 12.7 Å². The molecule has 0 saturated carbocycles. The van der Waals surface area contributed by atoms with E-state index in [4.69, 9.17) is 27.3 Å². The number of carboxylic acid groups (broad SMARTS) is 1. The van der Waals surface area contributed by atoms with Crippen LogP contribution >= 0.6 is 12.6 Å². The maximum Gasteiger partial charge on any atom is 0.490 e. The molecule has 8 nitrogen and oxygen atoms in total. The average molecular weight is 437 g/mol. The standard InChI is InChI=1S/C15H21N3O3S.C2HF3O2/c1-18-8-5-15(22,6-9-18)12(14(20)21-2)17-13(19)11-4-3-7-16-10-11;3-2(4,5)1(6)7/h3-4,7,10,12,22H,5-6,8-9H2,1-2H3,(H,17,19);(H,6,7). The predicted octanol–water partition coefficient (Wildman–Crippen LogP) is 1.38. The summed E-state index contributed by atoms with van der Waals surface area (Å²) in [5.74, 6) is -3.58. The first-order chi connectivity index (χ1) is 13.4. The number of piperidine rings is 1. The number of methoxy groups -OCH3 is 1. The van der Waals surface area contributed by atoms with Crippen LogP contribution in [0.25, 0.3) is 0 Å². The highest BCUT2D eigenvalue weighted by molar-refractivity contribution is 7.82. The summed E-state index contributed by atoms with van der Waals surface area (Å²) in [6.07, 6.45) is -0.644. The Morgan fingerprint density at radius 1 is 1.34 bits per heavy atom. The number of hydrogen-bond acceptors (Lipinski definition) is 7. The lowest BCUT2D eigenvalue weighted by atomic mass is 9.88. The van der Waals surface area contributed by atoms with Gasteiger partial charge in [-0.05, 0) is 45.1 Å². The number of carboxylic acids is 1. The lowest BCUT2D eigenvalue weighted by molar-refractivity contribution is -0.192. The fourth-order valence-electron chi connectivity index (χ4n) is 2.54. The van der Waals surface area contributed by atoms with Crippen molar-refractivity contribution < 1.29 is 37.4 Å². The summed E-state index contributed by atoms with van der Waals surface area (Å²) in [6, 6.07) is 2.53. The molecule has 162 valence electrons. The van der Waals surface area contributed by atoms with Gasteiger partial charge in [0.1, 0.15) is 6.04 Å². The van der Waals surface area contributed by atoms with E-state index >= 15 is 0 Å². The van der Waals surface area contributed by atoms with Crippen molar-refractivity contribution >= 4 is 30.5 Å². The second-order valence-electron chi connectivity index (χ2n) is 6.38. The number of nitrogens with zero attached hydrogens (tertiary/aromatic N) is 2. The van der Waals surface area contributed by atoms with Crippen LogP contribution in [0.15, 0.2) is 24.5 Å². The van der Waals surface area contributed by atoms with Crippen molar-refractivity contribution in [1.82, 2.24) is 15.2 Å². The van der Waals surface area contributed by atoms with Crippen LogP contribution in [0.2, 0.25) is 0 Å². The van der Waals surface area contributed by atoms with Crippen molar-refractivity contribution in [2.45, 2.75) is 29.8 Å². The Morgan fingerprint density at radius 2 is 1.90 bits per heavy atom. The molecule has 1 saturated heterocycles. The van der Waals surface area contributed by atoms with Gasteiger partial charge >= 0.3 is 18.1 Å². The third kappa shape index (κ3) is 7.54. The molecule has 12 heteroatoms. The van der Waals surface area contributed by atoms with E-state index in [1.54, 1.807) is 18.3 Å². The summed E-state index contributed by atoms with van der Waals surface area (Å²) in [7, 11) is 3.34. The van der Waals surface area contributed by atoms with E-state index in [1.165, 1.54) is 13.3 Å². The minimum absolute atomic E-state index is 0.351. The Labute approximate surface area is 170 Å². The number of aromatic nitrogens is 1. The van der Waals surface area contributed by atoms with Crippen molar-refractivity contribution in [3.8, 4) is 0 Å². The summed E-state index contributed by atoms with van der Waals surface area (Å²) >= 11 is 4.71. The summed E-state index contributed by atoms with van der Waals surface area (Å²) in [5.41, 5.74) is 0.404. The largest absolute Gasteiger partial charge is 0.490 e. The molecule has 0 aromatic carbocycles. The van der Waals surface area contributed by atoms with E-state index in [9.17, 15) is 22.8 Å². The number of alkyl halides is 3. The molecule has 2 N–H and O–H groups in total. The Kier molecular flexibility index (Phi) is 8.89. The van der Waals surface area contributed by atoms with Crippen molar-refractivity contribution in [2.75, 3.05) is 27.2 Å². The number of carbonyl (C=O) groups excluding carboxylic acids is 2. The van der Waals surface area contributed by atoms with Gasteiger partial charge in [0.25, 0.3) is 5.91 Å². The number of pyridine rings is 1. The maximum atomic E-state index is 12.3. The number of hydrogen-bond donors (Lipinski definition) is 3. The van der Waals surface area contributed by atoms with E-state index in [1.807, 2.05) is 7.05 Å². The van der Waals surface area contributed by atoms with Crippen molar-refractivity contribution in [3.05, 3.63) is 30.1 Å². The topological polar surface area (TPSA) is 109 Å². The van der Waals surface area contributed by atoms with Gasteiger partial charge in [-0.25, -0.2) is 9.59 Å². The molecule has 1 aliphatic heterocycles. The Hall–Kier alpha value is -2.34. The number of ether oxygens (including phenoxy) is 1. The third-order valence-corrected chi connectivity index (χ3v) is 4.97. The number of likely N-dealkylation sites (tertiary alicyclic amines) is 1. The van der Waals surface area contributed by atoms with Gasteiger partial charge < -0.3 is 20.1 Å². The Morgan fingerprint density at radius 3 is 2.31 bits per heavy atom. The van der Waals surface area contributed by atoms with E-state index < -0.39 is 28.9 Å². The van der Waals surface area contributed by atoms with Crippen molar-refractivity contribution in [1.29, 1.82) is 0 Å². The maximum absolute atomic E-state index is 12.3. The van der Waals surface area contributed by atoms with Crippen LogP contribution in [0.1, 0.15) is 23.2 Å². The molecule has 0 bridgehead atoms. The molecule has 2 rings (SSSR count). The first-order valence-electron chi connectivity index (χ1n) is 8.40. The normalized spacial score (nSPS) is 17.3. The number of rotatable bonds is 4. The smallest absolute Gasteiger partial charge is 0.475 e. The zero-order chi connectivity index (χ0) is 22.2. The minimum Gasteiger partial charge on any atom is -0.475 e. The first kappa shape index (κ1) is 24.7. The van der Waals surface area contributed by atoms with Crippen LogP contribution in [-0.2, 0) is 14.3 Å². The summed E-state index contributed by atoms with van der Waals surface area (Å²) in [6.45, 7) is 1.64. The summed E-state index contributed by atoms with van der Waals surface area (Å²) < 4.78 is 36.0. The molecule has 1 aromatic rings. The van der Waals surface area contributed by atoms with Crippen LogP contribution in [0, 0.1) is 0 Å². The molecule has 1 fully saturated rings. The monoisotopic (exact) mass is 437 g/mol. The Balaban J connectivity index is 0.000000516. The molecule has 29 heavy (non-hydrogen) atoms. The number of amides is 1. The van der Waals surface area contributed by atoms with Gasteiger partial charge in [0.2, 0.25) is 0 Å². The first-order valence-corrected chi connectivity index (χ1v) is 8.85. The number of esters is 1. The van der Waals surface area contributed by atoms with Gasteiger partial charge in [-0.1, -0.05) is 0 Å². The lowest BCUT2D eigenvalue weighted by Gasteiger charge is -2.41. The van der Waals surface area contributed by atoms with E-state index in [2.05, 4.69) is 15.2 Å². The molecule has 1 amide bonds. The zero-order valence-electron chi connectivity index (χ0n) is 15.8. The van der Waals surface area contributed by atoms with Crippen LogP contribution in [0.3, 0.4) is 0 Å². The van der Waals surface area contributed by atoms with Gasteiger partial charge in [0.15, 0.2) is 0 Å². The molecule has 1 unspecified atom stereocenters. The molecule has 1 aromatic heterocycles. The second kappa shape index (κ2) is 10.4. The molecule has 1 aliphatic rings. The molecule has 0 spiro atoms. The highest BCUT2D eigenvalue weighted by atomic mass is 32.1. The van der Waals surface area contributed by atoms with Crippen LogP contribution in [0.4, 0.5) is 13.2 Å². The third-order valence-electron chi connectivity index (χ3n) is 4.27. The van der Waals surface area contributed by atoms with Gasteiger partial charge in [-0.15, -0.1) is 0 Å². The zero-order valence-corrected chi connectivity index (χ0v) is 16.7. The fourth-order valence-corrected chi connectivity index (χ4v) is 2.91. The second-order valence-corrected chi connectivity index (χ2v) is 7.27. The number of carbonyl (C=O) groups is 3. The van der Waals surface area contributed by atoms with Gasteiger partial charge in [0, 0.05) is 17.1 Å². The predicted molar refractivity (Wildman–Crippen MR) is 99.6 cm³/mol. The highest BCUT2D eigenvalue weighted by Crippen LogP contribution is 2.32. The molecule has 0 aliphatic carbocycles. The SMILES string of the molecule is COC(=O)C(NC(=O)c1cccnc1)C1(S)CCN(C)CC1.O=C(O)C(F)(F)F. The van der Waals surface area contributed by atoms with Gasteiger partial charge in [-0.3, -0.25) is 9.78 Å². The van der Waals surface area contributed by atoms with Crippen LogP contribution in [0.5, 0.6) is 0 Å². The number of halogens is 3. The molecular formula is C17H22F3N3O5S. The van der Waals surface area contributed by atoms with Crippen LogP contribution in [-0.4, -0.2) is 77.0 Å². The quantitative estimate of drug-likeness (QED) is 0.482. The highest BCUT2D eigenvalue weighted by Gasteiger charge is 2.43. The summed E-state index contributed by atoms with van der Waals surface area (Å²) in [4.78, 5) is 39.5. The number of aliphatic carboxylic acids is 1. The molecule has 2 heterocycles. The minimum atomic E-state index is -5.08. The Bertz CT molecular complexity index is 710. The molecular weight excluding hydrogens is 415 g/mol. The fraction of sp³-hybridized carbons (Fsp3) is 0.529. The van der Waals surface area contributed by atoms with E-state index in [0.717, 1.165) is 13.1 Å². The van der Waals surface area contributed by atoms with Crippen molar-refractivity contribution in [2.24, 2.45) is 0 Å². The number of nitrogens with one attached hydrogen (secondary N) is 1. The van der Waals surface area contributed by atoms with Crippen molar-refractivity contribution in [3.63, 3.8) is 0 Å².